The third-order valence-corrected chi connectivity index (χ3v) is 9.12. The standard InChI is InChI=1S/C28H19I2N3O4S2/c1-2-36-27(35)22-23(16-7-4-3-5-8-16)32-28-33(24(22)20-9-6-12-38-20)26(34)21(39-28)14-17-13-18(29)15-19(30)25(17)37-11-10-31/h3-9,12-15,24H,2,11H2,1H3/b21-14-/t24-/m1/s1. The van der Waals surface area contributed by atoms with Crippen LogP contribution in [0.5, 0.6) is 5.75 Å². The Labute approximate surface area is 259 Å². The molecule has 196 valence electrons. The van der Waals surface area contributed by atoms with E-state index >= 15 is 0 Å². The van der Waals surface area contributed by atoms with Gasteiger partial charge in [-0.1, -0.05) is 47.7 Å². The largest absolute Gasteiger partial charge is 0.477 e. The molecular weight excluding hydrogens is 760 g/mol. The van der Waals surface area contributed by atoms with Gasteiger partial charge in [0.25, 0.3) is 5.56 Å². The van der Waals surface area contributed by atoms with E-state index in [0.717, 1.165) is 17.6 Å². The fraction of sp³-hybridized carbons (Fsp3) is 0.143. The Hall–Kier alpha value is -2.80. The molecule has 4 aromatic rings. The molecule has 2 aromatic heterocycles. The highest BCUT2D eigenvalue weighted by molar-refractivity contribution is 14.1. The summed E-state index contributed by atoms with van der Waals surface area (Å²) in [6.45, 7) is 1.84. The molecule has 5 rings (SSSR count). The van der Waals surface area contributed by atoms with Gasteiger partial charge < -0.3 is 9.47 Å². The van der Waals surface area contributed by atoms with Gasteiger partial charge in [-0.25, -0.2) is 9.79 Å². The summed E-state index contributed by atoms with van der Waals surface area (Å²) in [7, 11) is 0. The number of aromatic nitrogens is 1. The number of nitrogens with zero attached hydrogens (tertiary/aromatic N) is 3. The van der Waals surface area contributed by atoms with E-state index in [1.807, 2.05) is 66.0 Å². The number of fused-ring (bicyclic) bond motifs is 1. The van der Waals surface area contributed by atoms with Crippen LogP contribution in [0.3, 0.4) is 0 Å². The molecule has 0 bridgehead atoms. The fourth-order valence-electron chi connectivity index (χ4n) is 4.24. The maximum atomic E-state index is 14.0. The molecule has 7 nitrogen and oxygen atoms in total. The molecular formula is C28H19I2N3O4S2. The number of hydrogen-bond acceptors (Lipinski definition) is 8. The molecule has 0 spiro atoms. The van der Waals surface area contributed by atoms with Gasteiger partial charge in [0.15, 0.2) is 11.4 Å². The molecule has 0 radical (unpaired) electrons. The third-order valence-electron chi connectivity index (χ3n) is 5.79. The van der Waals surface area contributed by atoms with Gasteiger partial charge >= 0.3 is 5.97 Å². The first-order valence-electron chi connectivity index (χ1n) is 11.7. The predicted octanol–water partition coefficient (Wildman–Crippen LogP) is 5.11. The average Bonchev–Trinajstić information content (AvgIpc) is 3.56. The monoisotopic (exact) mass is 779 g/mol. The first-order chi connectivity index (χ1) is 18.9. The maximum absolute atomic E-state index is 14.0. The van der Waals surface area contributed by atoms with E-state index in [-0.39, 0.29) is 18.8 Å². The highest BCUT2D eigenvalue weighted by atomic mass is 127. The fourth-order valence-corrected chi connectivity index (χ4v) is 8.10. The molecule has 0 fully saturated rings. The molecule has 39 heavy (non-hydrogen) atoms. The number of ether oxygens (including phenoxy) is 2. The van der Waals surface area contributed by atoms with Crippen molar-refractivity contribution < 1.29 is 14.3 Å². The number of carbonyl (C=O) groups is 1. The minimum absolute atomic E-state index is 0.111. The summed E-state index contributed by atoms with van der Waals surface area (Å²) in [5.74, 6) is 0.0301. The summed E-state index contributed by atoms with van der Waals surface area (Å²) in [6, 6.07) is 18.4. The molecule has 0 unspecified atom stereocenters. The molecule has 1 aliphatic rings. The number of benzene rings is 2. The minimum Gasteiger partial charge on any atom is -0.477 e. The number of thiazole rings is 1. The second kappa shape index (κ2) is 12.2. The lowest BCUT2D eigenvalue weighted by Gasteiger charge is -2.24. The number of hydrogen-bond donors (Lipinski definition) is 0. The molecule has 2 aromatic carbocycles. The molecule has 0 saturated heterocycles. The summed E-state index contributed by atoms with van der Waals surface area (Å²) in [5, 5.41) is 11.0. The normalized spacial score (nSPS) is 14.9. The van der Waals surface area contributed by atoms with Gasteiger partial charge in [-0.2, -0.15) is 5.26 Å². The Morgan fingerprint density at radius 2 is 2.00 bits per heavy atom. The summed E-state index contributed by atoms with van der Waals surface area (Å²) in [4.78, 5) is 33.6. The van der Waals surface area contributed by atoms with Crippen molar-refractivity contribution in [2.45, 2.75) is 13.0 Å². The van der Waals surface area contributed by atoms with Crippen molar-refractivity contribution in [3.63, 3.8) is 0 Å². The lowest BCUT2D eigenvalue weighted by Crippen LogP contribution is -2.39. The number of carbonyl (C=O) groups excluding carboxylic acids is 1. The lowest BCUT2D eigenvalue weighted by molar-refractivity contribution is -0.138. The van der Waals surface area contributed by atoms with Crippen molar-refractivity contribution in [1.82, 2.24) is 4.57 Å². The molecule has 0 aliphatic carbocycles. The van der Waals surface area contributed by atoms with Crippen LogP contribution < -0.4 is 19.6 Å². The van der Waals surface area contributed by atoms with E-state index in [0.29, 0.717) is 31.9 Å². The molecule has 0 N–H and O–H groups in total. The van der Waals surface area contributed by atoms with Gasteiger partial charge in [0, 0.05) is 19.6 Å². The molecule has 0 saturated carbocycles. The van der Waals surface area contributed by atoms with E-state index in [9.17, 15) is 9.59 Å². The van der Waals surface area contributed by atoms with Crippen LogP contribution in [0.1, 0.15) is 29.0 Å². The van der Waals surface area contributed by atoms with E-state index in [2.05, 4.69) is 45.2 Å². The van der Waals surface area contributed by atoms with Crippen LogP contribution in [0.25, 0.3) is 11.8 Å². The SMILES string of the molecule is CCOC(=O)C1=C(c2ccccc2)N=c2s/c(=C\c3cc(I)cc(I)c3OCC#N)c(=O)n2[C@@H]1c1cccs1. The highest BCUT2D eigenvalue weighted by Gasteiger charge is 2.35. The smallest absolute Gasteiger partial charge is 0.338 e. The van der Waals surface area contributed by atoms with Crippen molar-refractivity contribution in [3.8, 4) is 11.8 Å². The number of esters is 1. The van der Waals surface area contributed by atoms with Gasteiger partial charge in [-0.05, 0) is 81.8 Å². The predicted molar refractivity (Wildman–Crippen MR) is 168 cm³/mol. The van der Waals surface area contributed by atoms with E-state index in [1.165, 1.54) is 22.7 Å². The average molecular weight is 779 g/mol. The number of thiophene rings is 1. The Kier molecular flexibility index (Phi) is 8.65. The van der Waals surface area contributed by atoms with Crippen LogP contribution in [-0.2, 0) is 9.53 Å². The third kappa shape index (κ3) is 5.60. The van der Waals surface area contributed by atoms with Gasteiger partial charge in [-0.3, -0.25) is 9.36 Å². The van der Waals surface area contributed by atoms with Crippen LogP contribution in [0.15, 0.2) is 75.3 Å². The van der Waals surface area contributed by atoms with Gasteiger partial charge in [0.1, 0.15) is 17.9 Å². The number of nitriles is 1. The minimum atomic E-state index is -0.692. The first-order valence-corrected chi connectivity index (χ1v) is 15.6. The number of rotatable bonds is 7. The summed E-state index contributed by atoms with van der Waals surface area (Å²) in [6.07, 6.45) is 1.77. The van der Waals surface area contributed by atoms with Crippen molar-refractivity contribution in [1.29, 1.82) is 5.26 Å². The van der Waals surface area contributed by atoms with E-state index in [1.54, 1.807) is 17.6 Å². The van der Waals surface area contributed by atoms with Crippen LogP contribution in [0.4, 0.5) is 0 Å². The molecule has 0 amide bonds. The van der Waals surface area contributed by atoms with E-state index in [4.69, 9.17) is 19.7 Å². The van der Waals surface area contributed by atoms with Gasteiger partial charge in [-0.15, -0.1) is 11.3 Å². The zero-order valence-corrected chi connectivity index (χ0v) is 26.3. The Balaban J connectivity index is 1.80. The van der Waals surface area contributed by atoms with Crippen LogP contribution in [0, 0.1) is 18.5 Å². The van der Waals surface area contributed by atoms with Gasteiger partial charge in [0.05, 0.1) is 26.0 Å². The quantitative estimate of drug-likeness (QED) is 0.192. The lowest BCUT2D eigenvalue weighted by atomic mass is 9.97. The maximum Gasteiger partial charge on any atom is 0.338 e. The Morgan fingerprint density at radius 1 is 1.21 bits per heavy atom. The van der Waals surface area contributed by atoms with Crippen molar-refractivity contribution in [2.24, 2.45) is 4.99 Å². The van der Waals surface area contributed by atoms with E-state index < -0.39 is 12.0 Å². The first kappa shape index (κ1) is 27.8. The molecule has 3 heterocycles. The second-order valence-corrected chi connectivity index (χ2v) is 12.6. The number of halogens is 2. The Morgan fingerprint density at radius 3 is 2.69 bits per heavy atom. The van der Waals surface area contributed by atoms with Crippen LogP contribution in [0.2, 0.25) is 0 Å². The highest BCUT2D eigenvalue weighted by Crippen LogP contribution is 2.37. The Bertz CT molecular complexity index is 1800. The van der Waals surface area contributed by atoms with Crippen molar-refractivity contribution >= 4 is 85.6 Å². The summed E-state index contributed by atoms with van der Waals surface area (Å²) in [5.41, 5.74) is 1.99. The van der Waals surface area contributed by atoms with Crippen molar-refractivity contribution in [3.05, 3.63) is 108 Å². The summed E-state index contributed by atoms with van der Waals surface area (Å²) < 4.78 is 15.0. The van der Waals surface area contributed by atoms with Gasteiger partial charge in [0.2, 0.25) is 0 Å². The molecule has 1 atom stereocenters. The van der Waals surface area contributed by atoms with Crippen molar-refractivity contribution in [2.75, 3.05) is 13.2 Å². The zero-order chi connectivity index (χ0) is 27.5. The molecule has 1 aliphatic heterocycles. The van der Waals surface area contributed by atoms with Crippen LogP contribution >= 0.6 is 67.9 Å². The molecule has 11 heteroatoms. The zero-order valence-electron chi connectivity index (χ0n) is 20.4. The summed E-state index contributed by atoms with van der Waals surface area (Å²) >= 11 is 7.09. The topological polar surface area (TPSA) is 93.7 Å². The second-order valence-electron chi connectivity index (χ2n) is 8.20. The van der Waals surface area contributed by atoms with Crippen LogP contribution in [-0.4, -0.2) is 23.8 Å².